The number of carbonyl (C=O) groups is 2. The van der Waals surface area contributed by atoms with Crippen LogP contribution >= 0.6 is 0 Å². The quantitative estimate of drug-likeness (QED) is 0.765. The van der Waals surface area contributed by atoms with Crippen LogP contribution in [0.15, 0.2) is 18.6 Å². The summed E-state index contributed by atoms with van der Waals surface area (Å²) in [6.45, 7) is 0. The number of hydrogen-bond donors (Lipinski definition) is 3. The summed E-state index contributed by atoms with van der Waals surface area (Å²) in [6.07, 6.45) is 7.85. The second-order valence-electron chi connectivity index (χ2n) is 4.62. The number of amides is 2. The summed E-state index contributed by atoms with van der Waals surface area (Å²) in [5.74, 6) is -0.696. The molecule has 1 fully saturated rings. The lowest BCUT2D eigenvalue weighted by Gasteiger charge is -2.33. The van der Waals surface area contributed by atoms with E-state index in [-0.39, 0.29) is 5.82 Å². The van der Waals surface area contributed by atoms with Gasteiger partial charge in [0, 0.05) is 12.4 Å². The molecule has 0 aromatic carbocycles. The fraction of sp³-hybridized carbons (Fsp3) is 0.500. The smallest absolute Gasteiger partial charge is 0.329 e. The zero-order chi connectivity index (χ0) is 13.7. The van der Waals surface area contributed by atoms with Crippen molar-refractivity contribution in [3.8, 4) is 0 Å². The van der Waals surface area contributed by atoms with Gasteiger partial charge in [-0.1, -0.05) is 19.3 Å². The molecule has 2 rings (SSSR count). The Hall–Kier alpha value is -2.18. The van der Waals surface area contributed by atoms with E-state index in [1.807, 2.05) is 0 Å². The molecule has 1 saturated carbocycles. The Bertz CT molecular complexity index is 457. The van der Waals surface area contributed by atoms with E-state index in [2.05, 4.69) is 20.6 Å². The summed E-state index contributed by atoms with van der Waals surface area (Å²) in [4.78, 5) is 30.9. The number of aliphatic carboxylic acids is 1. The molecular formula is C12H16N4O3. The van der Waals surface area contributed by atoms with Crippen molar-refractivity contribution in [1.29, 1.82) is 0 Å². The second kappa shape index (κ2) is 5.64. The molecule has 0 bridgehead atoms. The van der Waals surface area contributed by atoms with Crippen LogP contribution in [0.25, 0.3) is 0 Å². The van der Waals surface area contributed by atoms with Crippen molar-refractivity contribution in [3.05, 3.63) is 18.6 Å². The van der Waals surface area contributed by atoms with Gasteiger partial charge in [0.1, 0.15) is 5.54 Å². The lowest BCUT2D eigenvalue weighted by Crippen LogP contribution is -2.56. The Labute approximate surface area is 110 Å². The minimum absolute atomic E-state index is 0.288. The van der Waals surface area contributed by atoms with Gasteiger partial charge in [0.15, 0.2) is 5.82 Å². The molecule has 2 amide bonds. The number of urea groups is 1. The monoisotopic (exact) mass is 264 g/mol. The van der Waals surface area contributed by atoms with E-state index in [4.69, 9.17) is 0 Å². The van der Waals surface area contributed by atoms with Gasteiger partial charge in [-0.15, -0.1) is 0 Å². The van der Waals surface area contributed by atoms with Crippen LogP contribution in [0.2, 0.25) is 0 Å². The number of carboxylic acids is 1. The van der Waals surface area contributed by atoms with Crippen LogP contribution in [0.5, 0.6) is 0 Å². The topological polar surface area (TPSA) is 104 Å². The fourth-order valence-corrected chi connectivity index (χ4v) is 2.28. The van der Waals surface area contributed by atoms with Gasteiger partial charge in [-0.2, -0.15) is 0 Å². The van der Waals surface area contributed by atoms with E-state index < -0.39 is 17.5 Å². The molecule has 1 aromatic heterocycles. The zero-order valence-corrected chi connectivity index (χ0v) is 10.4. The molecule has 0 saturated heterocycles. The Kier molecular flexibility index (Phi) is 3.94. The average molecular weight is 264 g/mol. The van der Waals surface area contributed by atoms with Crippen molar-refractivity contribution >= 4 is 17.8 Å². The van der Waals surface area contributed by atoms with Gasteiger partial charge in [-0.05, 0) is 12.8 Å². The average Bonchev–Trinajstić information content (AvgIpc) is 2.40. The van der Waals surface area contributed by atoms with E-state index in [1.165, 1.54) is 18.6 Å². The third-order valence-corrected chi connectivity index (χ3v) is 3.27. The Morgan fingerprint density at radius 1 is 1.21 bits per heavy atom. The highest BCUT2D eigenvalue weighted by Gasteiger charge is 2.41. The first-order chi connectivity index (χ1) is 9.12. The van der Waals surface area contributed by atoms with Crippen molar-refractivity contribution in [1.82, 2.24) is 15.3 Å². The molecule has 1 heterocycles. The summed E-state index contributed by atoms with van der Waals surface area (Å²) in [5.41, 5.74) is -1.16. The molecule has 7 heteroatoms. The molecule has 1 aromatic rings. The number of rotatable bonds is 3. The second-order valence-corrected chi connectivity index (χ2v) is 4.62. The lowest BCUT2D eigenvalue weighted by atomic mass is 9.82. The van der Waals surface area contributed by atoms with Crippen molar-refractivity contribution in [2.75, 3.05) is 5.32 Å². The molecule has 0 unspecified atom stereocenters. The van der Waals surface area contributed by atoms with Crippen molar-refractivity contribution in [2.45, 2.75) is 37.6 Å². The van der Waals surface area contributed by atoms with E-state index in [1.54, 1.807) is 0 Å². The van der Waals surface area contributed by atoms with Gasteiger partial charge in [0.2, 0.25) is 0 Å². The molecule has 19 heavy (non-hydrogen) atoms. The van der Waals surface area contributed by atoms with Crippen LogP contribution < -0.4 is 10.6 Å². The first-order valence-corrected chi connectivity index (χ1v) is 6.21. The maximum atomic E-state index is 11.8. The SMILES string of the molecule is O=C(Nc1cnccn1)NC1(C(=O)O)CCCCC1. The third kappa shape index (κ3) is 3.18. The molecule has 1 aliphatic rings. The highest BCUT2D eigenvalue weighted by Crippen LogP contribution is 2.28. The molecule has 0 radical (unpaired) electrons. The van der Waals surface area contributed by atoms with Crippen molar-refractivity contribution < 1.29 is 14.7 Å². The van der Waals surface area contributed by atoms with Gasteiger partial charge >= 0.3 is 12.0 Å². The van der Waals surface area contributed by atoms with E-state index in [0.29, 0.717) is 12.8 Å². The number of anilines is 1. The fourth-order valence-electron chi connectivity index (χ4n) is 2.28. The van der Waals surface area contributed by atoms with Gasteiger partial charge in [0.05, 0.1) is 6.20 Å². The van der Waals surface area contributed by atoms with Crippen molar-refractivity contribution in [3.63, 3.8) is 0 Å². The van der Waals surface area contributed by atoms with Crippen molar-refractivity contribution in [2.24, 2.45) is 0 Å². The molecular weight excluding hydrogens is 248 g/mol. The molecule has 3 N–H and O–H groups in total. The minimum Gasteiger partial charge on any atom is -0.480 e. The first-order valence-electron chi connectivity index (χ1n) is 6.21. The van der Waals surface area contributed by atoms with Crippen LogP contribution in [0.4, 0.5) is 10.6 Å². The third-order valence-electron chi connectivity index (χ3n) is 3.27. The maximum absolute atomic E-state index is 11.8. The number of carbonyl (C=O) groups excluding carboxylic acids is 1. The molecule has 102 valence electrons. The molecule has 0 atom stereocenters. The first kappa shape index (κ1) is 13.3. The highest BCUT2D eigenvalue weighted by atomic mass is 16.4. The minimum atomic E-state index is -1.16. The molecule has 0 aliphatic heterocycles. The zero-order valence-electron chi connectivity index (χ0n) is 10.4. The predicted molar refractivity (Wildman–Crippen MR) is 67.6 cm³/mol. The number of nitrogens with one attached hydrogen (secondary N) is 2. The maximum Gasteiger partial charge on any atom is 0.329 e. The highest BCUT2D eigenvalue weighted by molar-refractivity contribution is 5.93. The van der Waals surface area contributed by atoms with E-state index in [0.717, 1.165) is 19.3 Å². The number of hydrogen-bond acceptors (Lipinski definition) is 4. The molecule has 0 spiro atoms. The lowest BCUT2D eigenvalue weighted by molar-refractivity contribution is -0.145. The largest absolute Gasteiger partial charge is 0.480 e. The number of carboxylic acid groups (broad SMARTS) is 1. The van der Waals surface area contributed by atoms with Crippen LogP contribution in [0.3, 0.4) is 0 Å². The predicted octanol–water partition coefficient (Wildman–Crippen LogP) is 1.39. The van der Waals surface area contributed by atoms with Crippen LogP contribution in [-0.2, 0) is 4.79 Å². The molecule has 1 aliphatic carbocycles. The standard InChI is InChI=1S/C12H16N4O3/c17-10(18)12(4-2-1-3-5-12)16-11(19)15-9-8-13-6-7-14-9/h6-8H,1-5H2,(H,17,18)(H2,14,15,16,19). The summed E-state index contributed by atoms with van der Waals surface area (Å²) >= 11 is 0. The van der Waals surface area contributed by atoms with Gasteiger partial charge in [-0.25, -0.2) is 14.6 Å². The van der Waals surface area contributed by atoms with Gasteiger partial charge < -0.3 is 10.4 Å². The Balaban J connectivity index is 2.01. The Morgan fingerprint density at radius 2 is 1.95 bits per heavy atom. The molecule has 7 nitrogen and oxygen atoms in total. The summed E-state index contributed by atoms with van der Waals surface area (Å²) in [6, 6.07) is -0.565. The number of nitrogens with zero attached hydrogens (tertiary/aromatic N) is 2. The van der Waals surface area contributed by atoms with Crippen LogP contribution in [0, 0.1) is 0 Å². The summed E-state index contributed by atoms with van der Waals surface area (Å²) < 4.78 is 0. The normalized spacial score (nSPS) is 17.5. The van der Waals surface area contributed by atoms with E-state index in [9.17, 15) is 14.7 Å². The summed E-state index contributed by atoms with van der Waals surface area (Å²) in [7, 11) is 0. The van der Waals surface area contributed by atoms with Gasteiger partial charge in [0.25, 0.3) is 0 Å². The van der Waals surface area contributed by atoms with Crippen LogP contribution in [0.1, 0.15) is 32.1 Å². The Morgan fingerprint density at radius 3 is 2.53 bits per heavy atom. The van der Waals surface area contributed by atoms with E-state index >= 15 is 0 Å². The summed E-state index contributed by atoms with van der Waals surface area (Å²) in [5, 5.41) is 14.4. The van der Waals surface area contributed by atoms with Crippen LogP contribution in [-0.4, -0.2) is 32.6 Å². The number of aromatic nitrogens is 2. The van der Waals surface area contributed by atoms with Gasteiger partial charge in [-0.3, -0.25) is 10.3 Å².